The van der Waals surface area contributed by atoms with E-state index in [1.807, 2.05) is 36.6 Å². The monoisotopic (exact) mass is 307 g/mol. The van der Waals surface area contributed by atoms with Crippen molar-refractivity contribution in [1.29, 1.82) is 0 Å². The summed E-state index contributed by atoms with van der Waals surface area (Å²) in [5, 5.41) is 3.00. The molecule has 4 heteroatoms. The van der Waals surface area contributed by atoms with Gasteiger partial charge < -0.3 is 5.32 Å². The summed E-state index contributed by atoms with van der Waals surface area (Å²) < 4.78 is 1.94. The molecule has 0 aliphatic heterocycles. The molecule has 23 heavy (non-hydrogen) atoms. The van der Waals surface area contributed by atoms with Gasteiger partial charge in [-0.1, -0.05) is 24.1 Å². The zero-order chi connectivity index (χ0) is 16.6. The molecule has 0 radical (unpaired) electrons. The number of rotatable bonds is 3. The summed E-state index contributed by atoms with van der Waals surface area (Å²) in [5.74, 6) is 0.717. The molecule has 4 nitrogen and oxygen atoms in total. The zero-order valence-corrected chi connectivity index (χ0v) is 14.0. The van der Waals surface area contributed by atoms with Crippen molar-refractivity contribution < 1.29 is 4.79 Å². The Morgan fingerprint density at radius 1 is 1.09 bits per heavy atom. The van der Waals surface area contributed by atoms with Crippen LogP contribution >= 0.6 is 0 Å². The van der Waals surface area contributed by atoms with Crippen molar-refractivity contribution >= 4 is 17.4 Å². The maximum atomic E-state index is 12.0. The standard InChI is InChI=1S/C19H21N3O/c1-5-17(23)21-19-18(15-9-13(3)8-14(4)10-15)20-16-11-12(2)6-7-22(16)19/h6-11H,5H2,1-4H3,(H,21,23). The second-order valence-corrected chi connectivity index (χ2v) is 6.02. The number of nitrogens with zero attached hydrogens (tertiary/aromatic N) is 2. The van der Waals surface area contributed by atoms with Crippen molar-refractivity contribution in [2.24, 2.45) is 0 Å². The summed E-state index contributed by atoms with van der Waals surface area (Å²) in [4.78, 5) is 16.7. The van der Waals surface area contributed by atoms with Crippen LogP contribution in [0.2, 0.25) is 0 Å². The fraction of sp³-hybridized carbons (Fsp3) is 0.263. The van der Waals surface area contributed by atoms with E-state index in [2.05, 4.69) is 37.4 Å². The van der Waals surface area contributed by atoms with E-state index in [1.54, 1.807) is 0 Å². The van der Waals surface area contributed by atoms with Gasteiger partial charge in [0.05, 0.1) is 0 Å². The highest BCUT2D eigenvalue weighted by Crippen LogP contribution is 2.30. The first kappa shape index (κ1) is 15.3. The Morgan fingerprint density at radius 3 is 2.43 bits per heavy atom. The average Bonchev–Trinajstić information content (AvgIpc) is 2.84. The molecule has 0 aliphatic carbocycles. The number of carbonyl (C=O) groups excluding carboxylic acids is 1. The van der Waals surface area contributed by atoms with Crippen LogP contribution in [0.5, 0.6) is 0 Å². The molecule has 0 saturated carbocycles. The Morgan fingerprint density at radius 2 is 1.78 bits per heavy atom. The first-order chi connectivity index (χ1) is 11.0. The number of nitrogens with one attached hydrogen (secondary N) is 1. The van der Waals surface area contributed by atoms with Gasteiger partial charge in [-0.2, -0.15) is 0 Å². The number of carbonyl (C=O) groups is 1. The molecule has 0 saturated heterocycles. The van der Waals surface area contributed by atoms with Crippen molar-refractivity contribution in [1.82, 2.24) is 9.38 Å². The van der Waals surface area contributed by atoms with Crippen LogP contribution in [-0.2, 0) is 4.79 Å². The predicted octanol–water partition coefficient (Wildman–Crippen LogP) is 4.28. The Bertz CT molecular complexity index is 873. The van der Waals surface area contributed by atoms with Crippen LogP contribution in [-0.4, -0.2) is 15.3 Å². The summed E-state index contributed by atoms with van der Waals surface area (Å²) >= 11 is 0. The Balaban J connectivity index is 2.25. The second-order valence-electron chi connectivity index (χ2n) is 6.02. The van der Waals surface area contributed by atoms with Crippen LogP contribution in [0.1, 0.15) is 30.0 Å². The van der Waals surface area contributed by atoms with Crippen molar-refractivity contribution in [3.05, 3.63) is 53.2 Å². The SMILES string of the molecule is CCC(=O)Nc1c(-c2cc(C)cc(C)c2)nc2cc(C)ccn12. The number of amides is 1. The van der Waals surface area contributed by atoms with Gasteiger partial charge in [0.2, 0.25) is 5.91 Å². The lowest BCUT2D eigenvalue weighted by molar-refractivity contribution is -0.115. The summed E-state index contributed by atoms with van der Waals surface area (Å²) in [6.45, 7) is 8.02. The van der Waals surface area contributed by atoms with Crippen LogP contribution in [0.25, 0.3) is 16.9 Å². The molecule has 1 amide bonds. The minimum absolute atomic E-state index is 0.0157. The molecule has 3 rings (SSSR count). The van der Waals surface area contributed by atoms with Gasteiger partial charge in [-0.25, -0.2) is 4.98 Å². The summed E-state index contributed by atoms with van der Waals surface area (Å²) in [5.41, 5.74) is 6.18. The van der Waals surface area contributed by atoms with Gasteiger partial charge >= 0.3 is 0 Å². The van der Waals surface area contributed by atoms with Gasteiger partial charge in [0.1, 0.15) is 17.2 Å². The second kappa shape index (κ2) is 5.88. The molecule has 0 spiro atoms. The van der Waals surface area contributed by atoms with E-state index in [9.17, 15) is 4.79 Å². The molecule has 2 heterocycles. The van der Waals surface area contributed by atoms with Gasteiger partial charge in [-0.15, -0.1) is 0 Å². The fourth-order valence-corrected chi connectivity index (χ4v) is 2.80. The van der Waals surface area contributed by atoms with Crippen LogP contribution < -0.4 is 5.32 Å². The molecule has 118 valence electrons. The lowest BCUT2D eigenvalue weighted by Gasteiger charge is -2.08. The summed E-state index contributed by atoms with van der Waals surface area (Å²) in [6, 6.07) is 10.4. The number of hydrogen-bond acceptors (Lipinski definition) is 2. The normalized spacial score (nSPS) is 11.0. The number of pyridine rings is 1. The molecule has 0 atom stereocenters. The molecule has 0 aliphatic rings. The number of fused-ring (bicyclic) bond motifs is 1. The Labute approximate surface area is 136 Å². The number of aromatic nitrogens is 2. The largest absolute Gasteiger partial charge is 0.310 e. The molecule has 0 fully saturated rings. The van der Waals surface area contributed by atoms with Gasteiger partial charge in [-0.3, -0.25) is 9.20 Å². The molecular formula is C19H21N3O. The van der Waals surface area contributed by atoms with Crippen LogP contribution in [0.15, 0.2) is 36.5 Å². The number of imidazole rings is 1. The third-order valence-corrected chi connectivity index (χ3v) is 3.86. The topological polar surface area (TPSA) is 46.4 Å². The smallest absolute Gasteiger partial charge is 0.225 e. The lowest BCUT2D eigenvalue weighted by Crippen LogP contribution is -2.12. The van der Waals surface area contributed by atoms with Gasteiger partial charge in [-0.05, 0) is 50.6 Å². The van der Waals surface area contributed by atoms with Crippen molar-refractivity contribution in [3.8, 4) is 11.3 Å². The molecule has 2 aromatic heterocycles. The van der Waals surface area contributed by atoms with E-state index >= 15 is 0 Å². The molecular weight excluding hydrogens is 286 g/mol. The highest BCUT2D eigenvalue weighted by atomic mass is 16.1. The van der Waals surface area contributed by atoms with E-state index in [-0.39, 0.29) is 5.91 Å². The number of anilines is 1. The third-order valence-electron chi connectivity index (χ3n) is 3.86. The summed E-state index contributed by atoms with van der Waals surface area (Å²) in [7, 11) is 0. The van der Waals surface area contributed by atoms with E-state index < -0.39 is 0 Å². The molecule has 1 aromatic carbocycles. The van der Waals surface area contributed by atoms with E-state index in [0.717, 1.165) is 28.3 Å². The molecule has 0 bridgehead atoms. The van der Waals surface area contributed by atoms with Crippen LogP contribution in [0.3, 0.4) is 0 Å². The van der Waals surface area contributed by atoms with E-state index in [1.165, 1.54) is 11.1 Å². The molecule has 0 unspecified atom stereocenters. The minimum atomic E-state index is -0.0157. The average molecular weight is 307 g/mol. The van der Waals surface area contributed by atoms with Crippen molar-refractivity contribution in [3.63, 3.8) is 0 Å². The van der Waals surface area contributed by atoms with Crippen LogP contribution in [0, 0.1) is 20.8 Å². The van der Waals surface area contributed by atoms with E-state index in [4.69, 9.17) is 4.98 Å². The quantitative estimate of drug-likeness (QED) is 0.785. The van der Waals surface area contributed by atoms with Crippen molar-refractivity contribution in [2.45, 2.75) is 34.1 Å². The van der Waals surface area contributed by atoms with E-state index in [0.29, 0.717) is 6.42 Å². The van der Waals surface area contributed by atoms with Gasteiger partial charge in [0.25, 0.3) is 0 Å². The van der Waals surface area contributed by atoms with Crippen molar-refractivity contribution in [2.75, 3.05) is 5.32 Å². The number of aryl methyl sites for hydroxylation is 3. The highest BCUT2D eigenvalue weighted by molar-refractivity contribution is 5.94. The number of hydrogen-bond donors (Lipinski definition) is 1. The first-order valence-corrected chi connectivity index (χ1v) is 7.85. The first-order valence-electron chi connectivity index (χ1n) is 7.85. The van der Waals surface area contributed by atoms with Gasteiger partial charge in [0, 0.05) is 18.2 Å². The zero-order valence-electron chi connectivity index (χ0n) is 14.0. The lowest BCUT2D eigenvalue weighted by atomic mass is 10.1. The highest BCUT2D eigenvalue weighted by Gasteiger charge is 2.16. The molecule has 3 aromatic rings. The third kappa shape index (κ3) is 2.97. The summed E-state index contributed by atoms with van der Waals surface area (Å²) in [6.07, 6.45) is 2.39. The Kier molecular flexibility index (Phi) is 3.90. The Hall–Kier alpha value is -2.62. The minimum Gasteiger partial charge on any atom is -0.310 e. The predicted molar refractivity (Wildman–Crippen MR) is 93.8 cm³/mol. The molecule has 1 N–H and O–H groups in total. The van der Waals surface area contributed by atoms with Gasteiger partial charge in [0.15, 0.2) is 0 Å². The fourth-order valence-electron chi connectivity index (χ4n) is 2.80. The maximum Gasteiger partial charge on any atom is 0.225 e. The number of benzene rings is 1. The maximum absolute atomic E-state index is 12.0. The van der Waals surface area contributed by atoms with Crippen LogP contribution in [0.4, 0.5) is 5.82 Å².